The number of carbonyl (C=O) groups excluding carboxylic acids is 4. The zero-order valence-electron chi connectivity index (χ0n) is 21.8. The predicted molar refractivity (Wildman–Crippen MR) is 140 cm³/mol. The zero-order chi connectivity index (χ0) is 28.0. The molecule has 0 aliphatic carbocycles. The van der Waals surface area contributed by atoms with Crippen LogP contribution in [0.2, 0.25) is 0 Å². The van der Waals surface area contributed by atoms with Gasteiger partial charge < -0.3 is 43.2 Å². The van der Waals surface area contributed by atoms with Crippen molar-refractivity contribution in [1.82, 2.24) is 26.6 Å². The van der Waals surface area contributed by atoms with Crippen LogP contribution in [0.15, 0.2) is 29.3 Å². The molecule has 1 aromatic rings. The maximum atomic E-state index is 13.2. The summed E-state index contributed by atoms with van der Waals surface area (Å²) in [6.07, 6.45) is 0.837. The van der Waals surface area contributed by atoms with Crippen LogP contribution in [0.25, 0.3) is 0 Å². The molecule has 0 aromatic heterocycles. The van der Waals surface area contributed by atoms with Crippen molar-refractivity contribution in [3.05, 3.63) is 29.8 Å². The van der Waals surface area contributed by atoms with Gasteiger partial charge in [0.1, 0.15) is 23.9 Å². The normalized spacial score (nSPS) is 13.1. The highest BCUT2D eigenvalue weighted by Crippen LogP contribution is 2.12. The summed E-state index contributed by atoms with van der Waals surface area (Å²) in [7, 11) is 3.06. The molecule has 10 N–H and O–H groups in total. The average molecular weight is 521 g/mol. The maximum absolute atomic E-state index is 13.2. The molecule has 0 bridgehead atoms. The van der Waals surface area contributed by atoms with Crippen LogP contribution in [0.1, 0.15) is 32.3 Å². The molecule has 0 fully saturated rings. The minimum Gasteiger partial charge on any atom is -0.508 e. The van der Waals surface area contributed by atoms with Gasteiger partial charge in [-0.15, -0.1) is 0 Å². The number of aromatic hydroxyl groups is 1. The van der Waals surface area contributed by atoms with E-state index in [1.807, 2.05) is 0 Å². The number of nitrogens with zero attached hydrogens (tertiary/aromatic N) is 1. The van der Waals surface area contributed by atoms with Crippen molar-refractivity contribution in [1.29, 1.82) is 0 Å². The standard InChI is InChI=1S/C24H40N8O5/c1-14(2)20(23(37)31-18(21(35)28-4)12-15-7-9-16(33)10-8-15)32-22(36)17(30-19(34)13-27-3)6-5-11-29-24(25)26/h7-10,14,17-18,20,27,33H,5-6,11-13H2,1-4H3,(H,28,35)(H,30,34)(H,31,37)(H,32,36)(H4,25,26,29)/t17-,18-,20-/m0/s1. The molecule has 0 radical (unpaired) electrons. The largest absolute Gasteiger partial charge is 0.508 e. The molecule has 206 valence electrons. The Morgan fingerprint density at radius 2 is 1.57 bits per heavy atom. The van der Waals surface area contributed by atoms with Gasteiger partial charge in [-0.3, -0.25) is 24.2 Å². The average Bonchev–Trinajstić information content (AvgIpc) is 2.84. The Labute approximate surface area is 217 Å². The summed E-state index contributed by atoms with van der Waals surface area (Å²) in [6.45, 7) is 3.80. The second-order valence-electron chi connectivity index (χ2n) is 8.88. The van der Waals surface area contributed by atoms with Crippen molar-refractivity contribution in [2.45, 2.75) is 51.2 Å². The molecule has 4 amide bonds. The van der Waals surface area contributed by atoms with Gasteiger partial charge in [-0.05, 0) is 43.5 Å². The number of amides is 4. The number of nitrogens with one attached hydrogen (secondary N) is 5. The van der Waals surface area contributed by atoms with E-state index in [-0.39, 0.29) is 49.5 Å². The van der Waals surface area contributed by atoms with E-state index < -0.39 is 35.8 Å². The van der Waals surface area contributed by atoms with E-state index in [2.05, 4.69) is 31.6 Å². The first kappa shape index (κ1) is 31.2. The highest BCUT2D eigenvalue weighted by Gasteiger charge is 2.31. The van der Waals surface area contributed by atoms with Crippen LogP contribution in [0, 0.1) is 5.92 Å². The number of hydrogen-bond donors (Lipinski definition) is 8. The van der Waals surface area contributed by atoms with Gasteiger partial charge in [0, 0.05) is 20.0 Å². The summed E-state index contributed by atoms with van der Waals surface area (Å²) in [5, 5.41) is 22.8. The molecule has 1 rings (SSSR count). The van der Waals surface area contributed by atoms with Crippen LogP contribution in [-0.4, -0.2) is 80.0 Å². The fraction of sp³-hybridized carbons (Fsp3) is 0.542. The molecule has 0 spiro atoms. The number of aliphatic imine (C=N–C) groups is 1. The third-order valence-corrected chi connectivity index (χ3v) is 5.44. The molecule has 13 heteroatoms. The van der Waals surface area contributed by atoms with Gasteiger partial charge in [-0.2, -0.15) is 0 Å². The van der Waals surface area contributed by atoms with Gasteiger partial charge in [-0.1, -0.05) is 26.0 Å². The topological polar surface area (TPSA) is 213 Å². The number of hydrogen-bond acceptors (Lipinski definition) is 7. The Morgan fingerprint density at radius 1 is 0.919 bits per heavy atom. The Kier molecular flexibility index (Phi) is 13.5. The number of phenols is 1. The zero-order valence-corrected chi connectivity index (χ0v) is 21.8. The van der Waals surface area contributed by atoms with Gasteiger partial charge in [0.15, 0.2) is 5.96 Å². The minimum absolute atomic E-state index is 0.0108. The fourth-order valence-corrected chi connectivity index (χ4v) is 3.48. The van der Waals surface area contributed by atoms with Crippen molar-refractivity contribution in [2.24, 2.45) is 22.4 Å². The molecule has 0 saturated carbocycles. The van der Waals surface area contributed by atoms with Crippen LogP contribution in [0.4, 0.5) is 0 Å². The molecule has 0 aliphatic rings. The van der Waals surface area contributed by atoms with Crippen LogP contribution < -0.4 is 38.1 Å². The van der Waals surface area contributed by atoms with E-state index in [1.54, 1.807) is 33.0 Å². The van der Waals surface area contributed by atoms with E-state index in [0.29, 0.717) is 6.42 Å². The lowest BCUT2D eigenvalue weighted by molar-refractivity contribution is -0.134. The Balaban J connectivity index is 2.98. The number of nitrogens with two attached hydrogens (primary N) is 2. The molecule has 3 atom stereocenters. The molecule has 0 heterocycles. The second-order valence-corrected chi connectivity index (χ2v) is 8.88. The number of likely N-dealkylation sites (N-methyl/N-ethyl adjacent to an activating group) is 2. The summed E-state index contributed by atoms with van der Waals surface area (Å²) in [4.78, 5) is 54.8. The molecule has 1 aromatic carbocycles. The van der Waals surface area contributed by atoms with E-state index in [4.69, 9.17) is 11.5 Å². The minimum atomic E-state index is -0.971. The first-order valence-electron chi connectivity index (χ1n) is 12.1. The van der Waals surface area contributed by atoms with Crippen molar-refractivity contribution >= 4 is 29.6 Å². The SMILES string of the molecule is CNCC(=O)N[C@@H](CCCN=C(N)N)C(=O)N[C@H](C(=O)N[C@@H](Cc1ccc(O)cc1)C(=O)NC)C(C)C. The number of carbonyl (C=O) groups is 4. The highest BCUT2D eigenvalue weighted by atomic mass is 16.3. The van der Waals surface area contributed by atoms with Crippen molar-refractivity contribution in [3.8, 4) is 5.75 Å². The summed E-state index contributed by atoms with van der Waals surface area (Å²) >= 11 is 0. The van der Waals surface area contributed by atoms with Crippen LogP contribution in [0.5, 0.6) is 5.75 Å². The van der Waals surface area contributed by atoms with Gasteiger partial charge in [-0.25, -0.2) is 0 Å². The fourth-order valence-electron chi connectivity index (χ4n) is 3.48. The van der Waals surface area contributed by atoms with E-state index in [1.165, 1.54) is 19.2 Å². The quantitative estimate of drug-likeness (QED) is 0.0738. The molecular formula is C24H40N8O5. The Morgan fingerprint density at radius 3 is 2.11 bits per heavy atom. The predicted octanol–water partition coefficient (Wildman–Crippen LogP) is -1.94. The van der Waals surface area contributed by atoms with Gasteiger partial charge in [0.2, 0.25) is 23.6 Å². The summed E-state index contributed by atoms with van der Waals surface area (Å²) in [5.74, 6) is -2.19. The van der Waals surface area contributed by atoms with Crippen molar-refractivity contribution in [3.63, 3.8) is 0 Å². The van der Waals surface area contributed by atoms with Crippen LogP contribution in [0.3, 0.4) is 0 Å². The number of benzene rings is 1. The van der Waals surface area contributed by atoms with Crippen LogP contribution >= 0.6 is 0 Å². The number of guanidine groups is 1. The lowest BCUT2D eigenvalue weighted by atomic mass is 10.00. The number of phenolic OH excluding ortho intramolecular Hbond substituents is 1. The van der Waals surface area contributed by atoms with E-state index in [0.717, 1.165) is 5.56 Å². The van der Waals surface area contributed by atoms with Crippen molar-refractivity contribution < 1.29 is 24.3 Å². The highest BCUT2D eigenvalue weighted by molar-refractivity contribution is 5.94. The molecule has 0 aliphatic heterocycles. The monoisotopic (exact) mass is 520 g/mol. The maximum Gasteiger partial charge on any atom is 0.243 e. The third kappa shape index (κ3) is 11.6. The smallest absolute Gasteiger partial charge is 0.243 e. The van der Waals surface area contributed by atoms with Gasteiger partial charge in [0.25, 0.3) is 0 Å². The lowest BCUT2D eigenvalue weighted by Gasteiger charge is -2.27. The molecular weight excluding hydrogens is 480 g/mol. The first-order chi connectivity index (χ1) is 17.5. The van der Waals surface area contributed by atoms with E-state index >= 15 is 0 Å². The summed E-state index contributed by atoms with van der Waals surface area (Å²) in [5.41, 5.74) is 11.4. The molecule has 37 heavy (non-hydrogen) atoms. The summed E-state index contributed by atoms with van der Waals surface area (Å²) < 4.78 is 0. The number of rotatable bonds is 15. The molecule has 0 saturated heterocycles. The van der Waals surface area contributed by atoms with Crippen LogP contribution in [-0.2, 0) is 25.6 Å². The Bertz CT molecular complexity index is 932. The second kappa shape index (κ2) is 16.0. The summed E-state index contributed by atoms with van der Waals surface area (Å²) in [6, 6.07) is 3.48. The molecule has 13 nitrogen and oxygen atoms in total. The van der Waals surface area contributed by atoms with Gasteiger partial charge >= 0.3 is 0 Å². The third-order valence-electron chi connectivity index (χ3n) is 5.44. The van der Waals surface area contributed by atoms with Gasteiger partial charge in [0.05, 0.1) is 6.54 Å². The lowest BCUT2D eigenvalue weighted by Crippen LogP contribution is -2.58. The van der Waals surface area contributed by atoms with E-state index in [9.17, 15) is 24.3 Å². The Hall–Kier alpha value is -3.87. The first-order valence-corrected chi connectivity index (χ1v) is 12.1. The molecule has 0 unspecified atom stereocenters. The van der Waals surface area contributed by atoms with Crippen molar-refractivity contribution in [2.75, 3.05) is 27.2 Å².